The molecule has 1 N–H and O–H groups in total. The van der Waals surface area contributed by atoms with Crippen LogP contribution in [0.1, 0.15) is 53.4 Å². The van der Waals surface area contributed by atoms with Gasteiger partial charge in [0.25, 0.3) is 0 Å². The van der Waals surface area contributed by atoms with Crippen molar-refractivity contribution in [2.24, 2.45) is 5.41 Å². The Kier molecular flexibility index (Phi) is 4.60. The van der Waals surface area contributed by atoms with E-state index in [0.29, 0.717) is 5.41 Å². The van der Waals surface area contributed by atoms with Crippen molar-refractivity contribution in [1.29, 1.82) is 0 Å². The lowest BCUT2D eigenvalue weighted by Gasteiger charge is -2.29. The second-order valence-corrected chi connectivity index (χ2v) is 5.98. The summed E-state index contributed by atoms with van der Waals surface area (Å²) in [6.07, 6.45) is 5.11. The second kappa shape index (κ2) is 5.31. The van der Waals surface area contributed by atoms with Crippen molar-refractivity contribution in [2.45, 2.75) is 58.9 Å². The Bertz CT molecular complexity index is 177. The minimum absolute atomic E-state index is 0.243. The molecular formula is C13H27NO. The van der Waals surface area contributed by atoms with E-state index >= 15 is 0 Å². The monoisotopic (exact) mass is 213 g/mol. The van der Waals surface area contributed by atoms with Crippen molar-refractivity contribution in [3.63, 3.8) is 0 Å². The average Bonchev–Trinajstić information content (AvgIpc) is 2.52. The third kappa shape index (κ3) is 4.52. The highest BCUT2D eigenvalue weighted by Gasteiger charge is 2.33. The van der Waals surface area contributed by atoms with Crippen LogP contribution in [0.2, 0.25) is 0 Å². The Hall–Kier alpha value is -0.0800. The van der Waals surface area contributed by atoms with E-state index in [9.17, 15) is 0 Å². The highest BCUT2D eigenvalue weighted by atomic mass is 16.5. The summed E-state index contributed by atoms with van der Waals surface area (Å²) in [7, 11) is 0. The van der Waals surface area contributed by atoms with Crippen LogP contribution in [-0.4, -0.2) is 25.3 Å². The first-order valence-corrected chi connectivity index (χ1v) is 6.30. The van der Waals surface area contributed by atoms with Crippen LogP contribution in [-0.2, 0) is 4.74 Å². The van der Waals surface area contributed by atoms with E-state index in [2.05, 4.69) is 33.0 Å². The van der Waals surface area contributed by atoms with E-state index in [0.717, 1.165) is 19.8 Å². The Morgan fingerprint density at radius 2 is 2.00 bits per heavy atom. The number of nitrogens with one attached hydrogen (secondary N) is 1. The molecule has 1 aliphatic rings. The first-order valence-electron chi connectivity index (χ1n) is 6.30. The quantitative estimate of drug-likeness (QED) is 0.758. The van der Waals surface area contributed by atoms with Gasteiger partial charge in [-0.15, -0.1) is 0 Å². The Balaban J connectivity index is 2.32. The maximum absolute atomic E-state index is 5.57. The summed E-state index contributed by atoms with van der Waals surface area (Å²) in [5.41, 5.74) is 0.722. The number of ether oxygens (including phenoxy) is 1. The van der Waals surface area contributed by atoms with Crippen LogP contribution in [0.25, 0.3) is 0 Å². The van der Waals surface area contributed by atoms with Gasteiger partial charge in [0.1, 0.15) is 0 Å². The van der Waals surface area contributed by atoms with Gasteiger partial charge in [0.15, 0.2) is 0 Å². The molecule has 1 rings (SSSR count). The van der Waals surface area contributed by atoms with Gasteiger partial charge in [-0.3, -0.25) is 0 Å². The van der Waals surface area contributed by atoms with Gasteiger partial charge in [0, 0.05) is 12.1 Å². The molecule has 1 fully saturated rings. The van der Waals surface area contributed by atoms with E-state index in [-0.39, 0.29) is 5.54 Å². The molecule has 15 heavy (non-hydrogen) atoms. The Morgan fingerprint density at radius 1 is 1.27 bits per heavy atom. The van der Waals surface area contributed by atoms with E-state index in [1.54, 1.807) is 0 Å². The summed E-state index contributed by atoms with van der Waals surface area (Å²) >= 11 is 0. The topological polar surface area (TPSA) is 21.3 Å². The highest BCUT2D eigenvalue weighted by Crippen LogP contribution is 2.36. The van der Waals surface area contributed by atoms with Crippen LogP contribution >= 0.6 is 0 Å². The maximum Gasteiger partial charge on any atom is 0.0523 e. The minimum Gasteiger partial charge on any atom is -0.381 e. The van der Waals surface area contributed by atoms with Crippen molar-refractivity contribution in [3.05, 3.63) is 0 Å². The molecule has 1 unspecified atom stereocenters. The lowest BCUT2D eigenvalue weighted by atomic mass is 9.79. The predicted molar refractivity (Wildman–Crippen MR) is 65.1 cm³/mol. The highest BCUT2D eigenvalue weighted by molar-refractivity contribution is 4.84. The van der Waals surface area contributed by atoms with Crippen LogP contribution in [0.15, 0.2) is 0 Å². The van der Waals surface area contributed by atoms with Gasteiger partial charge in [0.2, 0.25) is 0 Å². The van der Waals surface area contributed by atoms with Gasteiger partial charge < -0.3 is 10.1 Å². The summed E-state index contributed by atoms with van der Waals surface area (Å²) in [5, 5.41) is 3.58. The lowest BCUT2D eigenvalue weighted by Crippen LogP contribution is -2.38. The van der Waals surface area contributed by atoms with E-state index in [1.165, 1.54) is 25.7 Å². The Labute approximate surface area is 94.8 Å². The van der Waals surface area contributed by atoms with Gasteiger partial charge in [0.05, 0.1) is 6.61 Å². The number of hydrogen-bond donors (Lipinski definition) is 1. The van der Waals surface area contributed by atoms with Crippen molar-refractivity contribution < 1.29 is 4.74 Å². The normalized spacial score (nSPS) is 27.2. The largest absolute Gasteiger partial charge is 0.381 e. The molecule has 0 aromatic carbocycles. The molecule has 0 saturated carbocycles. The molecule has 0 spiro atoms. The number of rotatable bonds is 5. The zero-order chi connectivity index (χ0) is 11.4. The third-order valence-electron chi connectivity index (χ3n) is 3.28. The molecule has 2 nitrogen and oxygen atoms in total. The standard InChI is InChI=1S/C13H27NO/c1-5-6-13(8-10-15-11-13)7-9-14-12(2,3)4/h14H,5-11H2,1-4H3. The Morgan fingerprint density at radius 3 is 2.47 bits per heavy atom. The molecule has 1 heterocycles. The van der Waals surface area contributed by atoms with Crippen LogP contribution in [0.3, 0.4) is 0 Å². The first-order chi connectivity index (χ1) is 6.97. The van der Waals surface area contributed by atoms with Crippen LogP contribution < -0.4 is 5.32 Å². The molecule has 0 aromatic heterocycles. The smallest absolute Gasteiger partial charge is 0.0523 e. The summed E-state index contributed by atoms with van der Waals surface area (Å²) < 4.78 is 5.57. The maximum atomic E-state index is 5.57. The molecule has 0 radical (unpaired) electrons. The van der Waals surface area contributed by atoms with E-state index < -0.39 is 0 Å². The van der Waals surface area contributed by atoms with Gasteiger partial charge in [-0.25, -0.2) is 0 Å². The fourth-order valence-electron chi connectivity index (χ4n) is 2.40. The van der Waals surface area contributed by atoms with E-state index in [4.69, 9.17) is 4.74 Å². The van der Waals surface area contributed by atoms with Gasteiger partial charge >= 0.3 is 0 Å². The summed E-state index contributed by atoms with van der Waals surface area (Å²) in [6, 6.07) is 0. The molecule has 0 amide bonds. The molecule has 1 atom stereocenters. The molecule has 0 aliphatic carbocycles. The van der Waals surface area contributed by atoms with Crippen LogP contribution in [0.5, 0.6) is 0 Å². The van der Waals surface area contributed by atoms with Gasteiger partial charge in [-0.2, -0.15) is 0 Å². The van der Waals surface area contributed by atoms with Gasteiger partial charge in [-0.05, 0) is 52.0 Å². The summed E-state index contributed by atoms with van der Waals surface area (Å²) in [4.78, 5) is 0. The molecular weight excluding hydrogens is 186 g/mol. The second-order valence-electron chi connectivity index (χ2n) is 5.98. The molecule has 0 bridgehead atoms. The average molecular weight is 213 g/mol. The van der Waals surface area contributed by atoms with Crippen molar-refractivity contribution in [2.75, 3.05) is 19.8 Å². The molecule has 1 saturated heterocycles. The fourth-order valence-corrected chi connectivity index (χ4v) is 2.40. The lowest BCUT2D eigenvalue weighted by molar-refractivity contribution is 0.137. The molecule has 0 aromatic rings. The van der Waals surface area contributed by atoms with Crippen LogP contribution in [0, 0.1) is 5.41 Å². The van der Waals surface area contributed by atoms with E-state index in [1.807, 2.05) is 0 Å². The molecule has 90 valence electrons. The van der Waals surface area contributed by atoms with Crippen molar-refractivity contribution >= 4 is 0 Å². The van der Waals surface area contributed by atoms with Crippen LogP contribution in [0.4, 0.5) is 0 Å². The zero-order valence-corrected chi connectivity index (χ0v) is 10.9. The first kappa shape index (κ1) is 13.0. The van der Waals surface area contributed by atoms with Crippen molar-refractivity contribution in [3.8, 4) is 0 Å². The summed E-state index contributed by atoms with van der Waals surface area (Å²) in [6.45, 7) is 12.0. The zero-order valence-electron chi connectivity index (χ0n) is 10.9. The SMILES string of the molecule is CCCC1(CCNC(C)(C)C)CCOC1. The minimum atomic E-state index is 0.243. The number of hydrogen-bond acceptors (Lipinski definition) is 2. The third-order valence-corrected chi connectivity index (χ3v) is 3.28. The summed E-state index contributed by atoms with van der Waals surface area (Å²) in [5.74, 6) is 0. The van der Waals surface area contributed by atoms with Gasteiger partial charge in [-0.1, -0.05) is 13.3 Å². The van der Waals surface area contributed by atoms with Crippen molar-refractivity contribution in [1.82, 2.24) is 5.32 Å². The predicted octanol–water partition coefficient (Wildman–Crippen LogP) is 2.97. The molecule has 1 aliphatic heterocycles. The fraction of sp³-hybridized carbons (Fsp3) is 1.00. The molecule has 2 heteroatoms.